The molecule has 0 unspecified atom stereocenters. The molecule has 0 aliphatic rings. The summed E-state index contributed by atoms with van der Waals surface area (Å²) in [5.41, 5.74) is 2.06. The highest BCUT2D eigenvalue weighted by Gasteiger charge is 1.97. The average Bonchev–Trinajstić information content (AvgIpc) is 2.52. The van der Waals surface area contributed by atoms with Crippen molar-refractivity contribution in [3.8, 4) is 0 Å². The molecule has 0 aliphatic heterocycles. The lowest BCUT2D eigenvalue weighted by Crippen LogP contribution is -1.95. The van der Waals surface area contributed by atoms with Crippen molar-refractivity contribution in [3.63, 3.8) is 0 Å². The van der Waals surface area contributed by atoms with Crippen molar-refractivity contribution in [1.82, 2.24) is 0 Å². The number of hydrogen-bond donors (Lipinski definition) is 0. The van der Waals surface area contributed by atoms with Crippen LogP contribution in [0.2, 0.25) is 0 Å². The predicted molar refractivity (Wildman–Crippen MR) is 87.1 cm³/mol. The van der Waals surface area contributed by atoms with Gasteiger partial charge < -0.3 is 0 Å². The van der Waals surface area contributed by atoms with E-state index < -0.39 is 0 Å². The number of nitrogens with zero attached hydrogens (tertiary/aromatic N) is 2. The van der Waals surface area contributed by atoms with Gasteiger partial charge in [0, 0.05) is 12.6 Å². The summed E-state index contributed by atoms with van der Waals surface area (Å²) in [5, 5.41) is 0. The van der Waals surface area contributed by atoms with Crippen LogP contribution in [-0.2, 0) is 0 Å². The van der Waals surface area contributed by atoms with E-state index >= 15 is 0 Å². The van der Waals surface area contributed by atoms with Gasteiger partial charge in [-0.1, -0.05) is 61.9 Å². The lowest BCUT2D eigenvalue weighted by atomic mass is 10.2. The molecular weight excluding hydrogens is 244 g/mol. The third-order valence-electron chi connectivity index (χ3n) is 2.93. The molecule has 102 valence electrons. The van der Waals surface area contributed by atoms with Gasteiger partial charge in [-0.2, -0.15) is 0 Å². The summed E-state index contributed by atoms with van der Waals surface area (Å²) in [7, 11) is 0. The van der Waals surface area contributed by atoms with Gasteiger partial charge in [0.1, 0.15) is 5.84 Å². The molecule has 0 N–H and O–H groups in total. The Morgan fingerprint density at radius 3 is 2.25 bits per heavy atom. The number of benzene rings is 2. The molecule has 0 spiro atoms. The Labute approximate surface area is 120 Å². The fraction of sp³-hybridized carbons (Fsp3) is 0.222. The molecule has 0 heterocycles. The average molecular weight is 264 g/mol. The minimum Gasteiger partial charge on any atom is -0.241 e. The third-order valence-corrected chi connectivity index (χ3v) is 2.93. The molecule has 0 saturated heterocycles. The monoisotopic (exact) mass is 264 g/mol. The van der Waals surface area contributed by atoms with Crippen LogP contribution in [0.4, 0.5) is 5.69 Å². The van der Waals surface area contributed by atoms with E-state index in [2.05, 4.69) is 16.9 Å². The molecule has 0 radical (unpaired) electrons. The van der Waals surface area contributed by atoms with E-state index in [0.717, 1.165) is 36.3 Å². The van der Waals surface area contributed by atoms with Crippen molar-refractivity contribution < 1.29 is 0 Å². The van der Waals surface area contributed by atoms with Crippen molar-refractivity contribution in [2.45, 2.75) is 26.2 Å². The predicted octanol–water partition coefficient (Wildman–Crippen LogP) is 5.03. The van der Waals surface area contributed by atoms with Gasteiger partial charge in [0.15, 0.2) is 0 Å². The molecule has 20 heavy (non-hydrogen) atoms. The molecule has 0 atom stereocenters. The maximum absolute atomic E-state index is 4.63. The number of aliphatic imine (C=N–C) groups is 2. The zero-order valence-electron chi connectivity index (χ0n) is 11.9. The van der Waals surface area contributed by atoms with Crippen LogP contribution in [0.15, 0.2) is 70.6 Å². The lowest BCUT2D eigenvalue weighted by Gasteiger charge is -2.01. The summed E-state index contributed by atoms with van der Waals surface area (Å²) in [6, 6.07) is 20.1. The fourth-order valence-corrected chi connectivity index (χ4v) is 1.82. The lowest BCUT2D eigenvalue weighted by molar-refractivity contribution is 0.831. The maximum atomic E-state index is 4.63. The van der Waals surface area contributed by atoms with Gasteiger partial charge in [0.05, 0.1) is 5.69 Å². The highest BCUT2D eigenvalue weighted by molar-refractivity contribution is 5.95. The standard InChI is InChI=1S/C18H20N2/c1-2-3-14-18(20-17-12-8-5-9-13-17)19-15-16-10-6-4-7-11-16/h4-13,15H,2-3,14H2,1H3. The fourth-order valence-electron chi connectivity index (χ4n) is 1.82. The molecule has 0 fully saturated rings. The van der Waals surface area contributed by atoms with E-state index in [0.29, 0.717) is 0 Å². The Morgan fingerprint density at radius 1 is 0.950 bits per heavy atom. The van der Waals surface area contributed by atoms with Gasteiger partial charge >= 0.3 is 0 Å². The van der Waals surface area contributed by atoms with Crippen LogP contribution in [0.5, 0.6) is 0 Å². The van der Waals surface area contributed by atoms with Crippen molar-refractivity contribution in [2.75, 3.05) is 0 Å². The second kappa shape index (κ2) is 8.05. The summed E-state index contributed by atoms with van der Waals surface area (Å²) in [6.07, 6.45) is 5.05. The Balaban J connectivity index is 2.15. The SMILES string of the molecule is CCCCC(N=Cc1ccccc1)=Nc1ccccc1. The second-order valence-electron chi connectivity index (χ2n) is 4.64. The van der Waals surface area contributed by atoms with Crippen molar-refractivity contribution >= 4 is 17.7 Å². The van der Waals surface area contributed by atoms with Crippen LogP contribution in [0.25, 0.3) is 0 Å². The van der Waals surface area contributed by atoms with Gasteiger partial charge in [0.2, 0.25) is 0 Å². The molecule has 2 heteroatoms. The smallest absolute Gasteiger partial charge is 0.128 e. The normalized spacial score (nSPS) is 11.9. The minimum atomic E-state index is 0.891. The molecule has 0 saturated carbocycles. The quantitative estimate of drug-likeness (QED) is 0.535. The summed E-state index contributed by atoms with van der Waals surface area (Å²) >= 11 is 0. The number of rotatable bonds is 5. The molecule has 0 aliphatic carbocycles. The maximum Gasteiger partial charge on any atom is 0.128 e. The van der Waals surface area contributed by atoms with Crippen LogP contribution in [0.1, 0.15) is 31.7 Å². The molecule has 2 nitrogen and oxygen atoms in total. The number of amidine groups is 1. The van der Waals surface area contributed by atoms with Crippen LogP contribution in [0, 0.1) is 0 Å². The summed E-state index contributed by atoms with van der Waals surface area (Å²) in [5.74, 6) is 0.891. The minimum absolute atomic E-state index is 0.891. The first-order valence-electron chi connectivity index (χ1n) is 7.10. The Bertz CT molecular complexity index is 556. The van der Waals surface area contributed by atoms with Crippen LogP contribution in [-0.4, -0.2) is 12.1 Å². The van der Waals surface area contributed by atoms with Crippen molar-refractivity contribution in [1.29, 1.82) is 0 Å². The van der Waals surface area contributed by atoms with Crippen LogP contribution >= 0.6 is 0 Å². The van der Waals surface area contributed by atoms with Gasteiger partial charge in [-0.25, -0.2) is 9.98 Å². The molecule has 0 amide bonds. The van der Waals surface area contributed by atoms with E-state index in [-0.39, 0.29) is 0 Å². The first-order valence-corrected chi connectivity index (χ1v) is 7.10. The molecule has 2 aromatic carbocycles. The Hall–Kier alpha value is -2.22. The zero-order chi connectivity index (χ0) is 14.0. The number of unbranched alkanes of at least 4 members (excludes halogenated alkanes) is 1. The zero-order valence-corrected chi connectivity index (χ0v) is 11.9. The van der Waals surface area contributed by atoms with Crippen molar-refractivity contribution in [2.24, 2.45) is 9.98 Å². The van der Waals surface area contributed by atoms with Gasteiger partial charge in [-0.15, -0.1) is 0 Å². The molecular formula is C18H20N2. The van der Waals surface area contributed by atoms with Gasteiger partial charge in [0.25, 0.3) is 0 Å². The van der Waals surface area contributed by atoms with E-state index in [4.69, 9.17) is 0 Å². The van der Waals surface area contributed by atoms with Crippen LogP contribution < -0.4 is 0 Å². The summed E-state index contributed by atoms with van der Waals surface area (Å²) < 4.78 is 0. The van der Waals surface area contributed by atoms with E-state index in [1.807, 2.05) is 66.9 Å². The highest BCUT2D eigenvalue weighted by atomic mass is 14.9. The van der Waals surface area contributed by atoms with Gasteiger partial charge in [-0.3, -0.25) is 0 Å². The van der Waals surface area contributed by atoms with Crippen LogP contribution in [0.3, 0.4) is 0 Å². The van der Waals surface area contributed by atoms with E-state index in [1.54, 1.807) is 0 Å². The molecule has 2 aromatic rings. The number of hydrogen-bond acceptors (Lipinski definition) is 1. The second-order valence-corrected chi connectivity index (χ2v) is 4.64. The Morgan fingerprint density at radius 2 is 1.60 bits per heavy atom. The largest absolute Gasteiger partial charge is 0.241 e. The van der Waals surface area contributed by atoms with Gasteiger partial charge in [-0.05, 0) is 24.1 Å². The Kier molecular flexibility index (Phi) is 5.71. The topological polar surface area (TPSA) is 24.7 Å². The highest BCUT2D eigenvalue weighted by Crippen LogP contribution is 2.12. The first-order chi connectivity index (χ1) is 9.88. The molecule has 0 bridgehead atoms. The van der Waals surface area contributed by atoms with E-state index in [1.165, 1.54) is 0 Å². The first kappa shape index (κ1) is 14.2. The van der Waals surface area contributed by atoms with Crippen molar-refractivity contribution in [3.05, 3.63) is 66.2 Å². The molecule has 2 rings (SSSR count). The number of para-hydroxylation sites is 1. The third kappa shape index (κ3) is 4.81. The summed E-state index contributed by atoms with van der Waals surface area (Å²) in [6.45, 7) is 2.18. The summed E-state index contributed by atoms with van der Waals surface area (Å²) in [4.78, 5) is 9.18. The van der Waals surface area contributed by atoms with E-state index in [9.17, 15) is 0 Å². The molecule has 0 aromatic heterocycles.